The monoisotopic (exact) mass is 359 g/mol. The minimum Gasteiger partial charge on any atom is -0.364 e. The van der Waals surface area contributed by atoms with Gasteiger partial charge in [-0.3, -0.25) is 4.99 Å². The largest absolute Gasteiger partial charge is 0.364 e. The maximum atomic E-state index is 14.3. The summed E-state index contributed by atoms with van der Waals surface area (Å²) < 4.78 is 14.3. The summed E-state index contributed by atoms with van der Waals surface area (Å²) in [7, 11) is 0. The second kappa shape index (κ2) is 6.69. The SMILES string of the molecule is N[C@H]1CCCC[C@@H]1Nc1cnc2c(n1)CN=C2c1cccc(Cl)c1F. The molecular formula is C18H19ClFN5. The lowest BCUT2D eigenvalue weighted by Gasteiger charge is -2.29. The number of fused-ring (bicyclic) bond motifs is 1. The molecule has 0 spiro atoms. The highest BCUT2D eigenvalue weighted by Gasteiger charge is 2.26. The van der Waals surface area contributed by atoms with Crippen molar-refractivity contribution in [3.05, 3.63) is 52.2 Å². The molecule has 0 unspecified atom stereocenters. The zero-order chi connectivity index (χ0) is 17.4. The highest BCUT2D eigenvalue weighted by atomic mass is 35.5. The third kappa shape index (κ3) is 3.12. The van der Waals surface area contributed by atoms with Gasteiger partial charge in [0.05, 0.1) is 29.2 Å². The number of nitrogens with one attached hydrogen (secondary N) is 1. The van der Waals surface area contributed by atoms with Gasteiger partial charge in [-0.05, 0) is 25.0 Å². The quantitative estimate of drug-likeness (QED) is 0.881. The molecule has 25 heavy (non-hydrogen) atoms. The average Bonchev–Trinajstić information content (AvgIpc) is 3.02. The van der Waals surface area contributed by atoms with Crippen molar-refractivity contribution in [3.63, 3.8) is 0 Å². The van der Waals surface area contributed by atoms with Crippen LogP contribution in [0.5, 0.6) is 0 Å². The van der Waals surface area contributed by atoms with Crippen molar-refractivity contribution in [3.8, 4) is 0 Å². The van der Waals surface area contributed by atoms with Gasteiger partial charge in [-0.15, -0.1) is 0 Å². The zero-order valence-corrected chi connectivity index (χ0v) is 14.4. The molecule has 1 aromatic heterocycles. The van der Waals surface area contributed by atoms with Crippen LogP contribution in [-0.2, 0) is 6.54 Å². The summed E-state index contributed by atoms with van der Waals surface area (Å²) in [5, 5.41) is 3.47. The van der Waals surface area contributed by atoms with Gasteiger partial charge in [-0.1, -0.05) is 30.5 Å². The zero-order valence-electron chi connectivity index (χ0n) is 13.7. The van der Waals surface area contributed by atoms with E-state index in [9.17, 15) is 4.39 Å². The third-order valence-corrected chi connectivity index (χ3v) is 5.11. The van der Waals surface area contributed by atoms with Crippen LogP contribution in [0.3, 0.4) is 0 Å². The van der Waals surface area contributed by atoms with Crippen molar-refractivity contribution in [1.29, 1.82) is 0 Å². The molecule has 0 bridgehead atoms. The normalized spacial score (nSPS) is 22.4. The van der Waals surface area contributed by atoms with Crippen LogP contribution in [0.1, 0.15) is 42.6 Å². The Morgan fingerprint density at radius 2 is 2.08 bits per heavy atom. The minimum atomic E-state index is -0.479. The van der Waals surface area contributed by atoms with Crippen molar-refractivity contribution < 1.29 is 4.39 Å². The van der Waals surface area contributed by atoms with E-state index in [1.165, 1.54) is 18.9 Å². The topological polar surface area (TPSA) is 76.2 Å². The van der Waals surface area contributed by atoms with Gasteiger partial charge >= 0.3 is 0 Å². The Balaban J connectivity index is 1.58. The number of nitrogens with zero attached hydrogens (tertiary/aromatic N) is 3. The molecule has 2 aliphatic rings. The lowest BCUT2D eigenvalue weighted by atomic mass is 9.91. The van der Waals surface area contributed by atoms with Crippen LogP contribution in [0.4, 0.5) is 10.2 Å². The van der Waals surface area contributed by atoms with Crippen molar-refractivity contribution in [2.24, 2.45) is 10.7 Å². The molecule has 1 aromatic carbocycles. The summed E-state index contributed by atoms with van der Waals surface area (Å²) in [6.45, 7) is 0.385. The fraction of sp³-hybridized carbons (Fsp3) is 0.389. The first-order chi connectivity index (χ1) is 12.1. The summed E-state index contributed by atoms with van der Waals surface area (Å²) in [6, 6.07) is 5.23. The summed E-state index contributed by atoms with van der Waals surface area (Å²) >= 11 is 5.88. The number of aliphatic imine (C=N–C) groups is 1. The average molecular weight is 360 g/mol. The molecule has 1 saturated carbocycles. The van der Waals surface area contributed by atoms with Gasteiger partial charge in [0.15, 0.2) is 5.82 Å². The van der Waals surface area contributed by atoms with Gasteiger partial charge in [0.2, 0.25) is 0 Å². The number of aromatic nitrogens is 2. The Kier molecular flexibility index (Phi) is 4.39. The van der Waals surface area contributed by atoms with Gasteiger partial charge in [-0.25, -0.2) is 14.4 Å². The predicted octanol–water partition coefficient (Wildman–Crippen LogP) is 3.30. The van der Waals surface area contributed by atoms with E-state index in [1.807, 2.05) is 0 Å². The Labute approximate surface area is 150 Å². The van der Waals surface area contributed by atoms with Crippen LogP contribution in [0.25, 0.3) is 0 Å². The first kappa shape index (κ1) is 16.4. The molecule has 1 aliphatic heterocycles. The van der Waals surface area contributed by atoms with Crippen LogP contribution in [0, 0.1) is 5.82 Å². The highest BCUT2D eigenvalue weighted by molar-refractivity contribution is 6.31. The molecule has 2 aromatic rings. The lowest BCUT2D eigenvalue weighted by molar-refractivity contribution is 0.403. The fourth-order valence-electron chi connectivity index (χ4n) is 3.46. The Morgan fingerprint density at radius 3 is 2.92 bits per heavy atom. The predicted molar refractivity (Wildman–Crippen MR) is 96.6 cm³/mol. The van der Waals surface area contributed by atoms with E-state index in [-0.39, 0.29) is 17.1 Å². The fourth-order valence-corrected chi connectivity index (χ4v) is 3.64. The molecule has 0 amide bonds. The van der Waals surface area contributed by atoms with E-state index in [0.29, 0.717) is 29.3 Å². The Hall–Kier alpha value is -2.05. The number of benzene rings is 1. The molecule has 5 nitrogen and oxygen atoms in total. The molecule has 1 aliphatic carbocycles. The van der Waals surface area contributed by atoms with Crippen molar-refractivity contribution in [1.82, 2.24) is 9.97 Å². The van der Waals surface area contributed by atoms with Crippen LogP contribution in [0.15, 0.2) is 29.4 Å². The smallest absolute Gasteiger partial charge is 0.151 e. The van der Waals surface area contributed by atoms with Crippen molar-refractivity contribution in [2.75, 3.05) is 5.32 Å². The summed E-state index contributed by atoms with van der Waals surface area (Å²) in [5.41, 5.74) is 8.39. The molecule has 1 fully saturated rings. The minimum absolute atomic E-state index is 0.0752. The molecular weight excluding hydrogens is 341 g/mol. The van der Waals surface area contributed by atoms with E-state index in [1.54, 1.807) is 18.3 Å². The van der Waals surface area contributed by atoms with Crippen LogP contribution < -0.4 is 11.1 Å². The van der Waals surface area contributed by atoms with Crippen LogP contribution in [0.2, 0.25) is 5.02 Å². The second-order valence-corrected chi connectivity index (χ2v) is 6.92. The highest BCUT2D eigenvalue weighted by Crippen LogP contribution is 2.26. The molecule has 0 radical (unpaired) electrons. The number of hydrogen-bond donors (Lipinski definition) is 2. The number of nitrogens with two attached hydrogens (primary N) is 1. The van der Waals surface area contributed by atoms with Gasteiger partial charge in [0.25, 0.3) is 0 Å². The van der Waals surface area contributed by atoms with E-state index in [4.69, 9.17) is 17.3 Å². The standard InChI is InChI=1S/C18H19ClFN5/c19-11-5-3-4-10(16(11)20)17-18-14(8-22-17)25-15(9-23-18)24-13-7-2-1-6-12(13)21/h3-5,9,12-13H,1-2,6-8,21H2,(H,24,25)/t12-,13-/m0/s1. The molecule has 2 atom stereocenters. The molecule has 7 heteroatoms. The number of halogens is 2. The van der Waals surface area contributed by atoms with Crippen molar-refractivity contribution in [2.45, 2.75) is 44.3 Å². The van der Waals surface area contributed by atoms with Crippen molar-refractivity contribution >= 4 is 23.1 Å². The molecule has 3 N–H and O–H groups in total. The molecule has 0 saturated heterocycles. The van der Waals surface area contributed by atoms with E-state index in [2.05, 4.69) is 20.3 Å². The van der Waals surface area contributed by atoms with Gasteiger partial charge in [0.1, 0.15) is 11.5 Å². The second-order valence-electron chi connectivity index (χ2n) is 6.52. The maximum Gasteiger partial charge on any atom is 0.151 e. The summed E-state index contributed by atoms with van der Waals surface area (Å²) in [5.74, 6) is 0.220. The summed E-state index contributed by atoms with van der Waals surface area (Å²) in [4.78, 5) is 13.5. The van der Waals surface area contributed by atoms with E-state index in [0.717, 1.165) is 18.5 Å². The first-order valence-corrected chi connectivity index (χ1v) is 8.88. The molecule has 2 heterocycles. The van der Waals surface area contributed by atoms with Gasteiger partial charge in [-0.2, -0.15) is 0 Å². The Bertz CT molecular complexity index is 838. The van der Waals surface area contributed by atoms with Crippen LogP contribution >= 0.6 is 11.6 Å². The lowest BCUT2D eigenvalue weighted by Crippen LogP contribution is -2.42. The Morgan fingerprint density at radius 1 is 1.24 bits per heavy atom. The van der Waals surface area contributed by atoms with E-state index >= 15 is 0 Å². The number of rotatable bonds is 3. The van der Waals surface area contributed by atoms with Crippen LogP contribution in [-0.4, -0.2) is 27.8 Å². The number of hydrogen-bond acceptors (Lipinski definition) is 5. The molecule has 130 valence electrons. The van der Waals surface area contributed by atoms with Gasteiger partial charge in [0, 0.05) is 17.6 Å². The maximum absolute atomic E-state index is 14.3. The summed E-state index contributed by atoms with van der Waals surface area (Å²) in [6.07, 6.45) is 6.08. The number of anilines is 1. The third-order valence-electron chi connectivity index (χ3n) is 4.82. The van der Waals surface area contributed by atoms with Gasteiger partial charge < -0.3 is 11.1 Å². The van der Waals surface area contributed by atoms with E-state index < -0.39 is 5.82 Å². The first-order valence-electron chi connectivity index (χ1n) is 8.50. The molecule has 4 rings (SSSR count).